The first-order valence-electron chi connectivity index (χ1n) is 11.4. The highest BCUT2D eigenvalue weighted by molar-refractivity contribution is 9.10. The van der Waals surface area contributed by atoms with Crippen LogP contribution in [0.4, 0.5) is 5.00 Å². The van der Waals surface area contributed by atoms with Crippen LogP contribution in [0, 0.1) is 0 Å². The molecule has 3 aromatic rings. The number of halogens is 1. The SMILES string of the molecule is CCOC(=O)c1c(NC(=O)C(=O)N/N=C/c2ccc(OC(=O)c3ccccc3Br)cc2)sc2c1CCC2. The number of esters is 2. The van der Waals surface area contributed by atoms with Crippen LogP contribution in [0.25, 0.3) is 0 Å². The number of benzene rings is 2. The van der Waals surface area contributed by atoms with E-state index in [1.807, 2.05) is 0 Å². The number of hydrogen-bond donors (Lipinski definition) is 2. The Bertz CT molecular complexity index is 1380. The van der Waals surface area contributed by atoms with Crippen molar-refractivity contribution in [3.05, 3.63) is 80.1 Å². The highest BCUT2D eigenvalue weighted by atomic mass is 79.9. The molecule has 1 aliphatic rings. The summed E-state index contributed by atoms with van der Waals surface area (Å²) in [5, 5.41) is 6.62. The van der Waals surface area contributed by atoms with Crippen molar-refractivity contribution in [2.24, 2.45) is 5.10 Å². The molecule has 2 aromatic carbocycles. The lowest BCUT2D eigenvalue weighted by Crippen LogP contribution is -2.32. The number of fused-ring (bicyclic) bond motifs is 1. The summed E-state index contributed by atoms with van der Waals surface area (Å²) >= 11 is 4.60. The fourth-order valence-electron chi connectivity index (χ4n) is 3.70. The van der Waals surface area contributed by atoms with Crippen LogP contribution in [0.15, 0.2) is 58.1 Å². The van der Waals surface area contributed by atoms with E-state index in [0.717, 1.165) is 29.7 Å². The Morgan fingerprint density at radius 1 is 1.03 bits per heavy atom. The molecule has 37 heavy (non-hydrogen) atoms. The number of aryl methyl sites for hydroxylation is 1. The molecule has 0 saturated carbocycles. The molecule has 0 radical (unpaired) electrons. The minimum Gasteiger partial charge on any atom is -0.462 e. The van der Waals surface area contributed by atoms with Gasteiger partial charge in [-0.1, -0.05) is 12.1 Å². The van der Waals surface area contributed by atoms with Crippen LogP contribution in [-0.4, -0.2) is 36.6 Å². The van der Waals surface area contributed by atoms with Crippen LogP contribution < -0.4 is 15.5 Å². The van der Waals surface area contributed by atoms with Crippen LogP contribution in [0.5, 0.6) is 5.75 Å². The van der Waals surface area contributed by atoms with E-state index in [4.69, 9.17) is 9.47 Å². The molecule has 0 bridgehead atoms. The van der Waals surface area contributed by atoms with Gasteiger partial charge in [-0.3, -0.25) is 9.59 Å². The molecule has 1 aliphatic carbocycles. The number of amides is 2. The molecule has 11 heteroatoms. The fraction of sp³-hybridized carbons (Fsp3) is 0.192. The summed E-state index contributed by atoms with van der Waals surface area (Å²) in [6.07, 6.45) is 3.83. The lowest BCUT2D eigenvalue weighted by atomic mass is 10.1. The van der Waals surface area contributed by atoms with E-state index in [2.05, 4.69) is 31.8 Å². The predicted octanol–water partition coefficient (Wildman–Crippen LogP) is 4.48. The number of hydrazone groups is 1. The first-order valence-corrected chi connectivity index (χ1v) is 13.0. The Hall–Kier alpha value is -3.83. The van der Waals surface area contributed by atoms with Gasteiger partial charge >= 0.3 is 23.8 Å². The van der Waals surface area contributed by atoms with Crippen LogP contribution in [0.3, 0.4) is 0 Å². The number of carbonyl (C=O) groups excluding carboxylic acids is 4. The van der Waals surface area contributed by atoms with Crippen molar-refractivity contribution in [3.8, 4) is 5.75 Å². The smallest absolute Gasteiger partial charge is 0.344 e. The molecule has 190 valence electrons. The molecule has 0 fully saturated rings. The normalized spacial score (nSPS) is 12.2. The van der Waals surface area contributed by atoms with E-state index in [0.29, 0.717) is 31.9 Å². The summed E-state index contributed by atoms with van der Waals surface area (Å²) in [6, 6.07) is 13.4. The Labute approximate surface area is 225 Å². The van der Waals surface area contributed by atoms with Crippen molar-refractivity contribution >= 4 is 62.2 Å². The molecule has 0 saturated heterocycles. The van der Waals surface area contributed by atoms with Gasteiger partial charge in [0, 0.05) is 9.35 Å². The molecular weight excluding hydrogens is 562 g/mol. The number of rotatable bonds is 7. The summed E-state index contributed by atoms with van der Waals surface area (Å²) in [5.74, 6) is -2.62. The molecule has 4 rings (SSSR count). The topological polar surface area (TPSA) is 123 Å². The highest BCUT2D eigenvalue weighted by Gasteiger charge is 2.29. The summed E-state index contributed by atoms with van der Waals surface area (Å²) in [4.78, 5) is 50.4. The number of anilines is 1. The molecular formula is C26H22BrN3O6S. The van der Waals surface area contributed by atoms with Crippen molar-refractivity contribution in [1.29, 1.82) is 0 Å². The van der Waals surface area contributed by atoms with Crippen LogP contribution in [-0.2, 0) is 27.2 Å². The van der Waals surface area contributed by atoms with Gasteiger partial charge in [0.25, 0.3) is 0 Å². The molecule has 0 aliphatic heterocycles. The number of nitrogens with zero attached hydrogens (tertiary/aromatic N) is 1. The van der Waals surface area contributed by atoms with E-state index >= 15 is 0 Å². The molecule has 0 spiro atoms. The van der Waals surface area contributed by atoms with Gasteiger partial charge in [0.05, 0.1) is 23.9 Å². The van der Waals surface area contributed by atoms with Gasteiger partial charge in [-0.25, -0.2) is 15.0 Å². The van der Waals surface area contributed by atoms with E-state index in [-0.39, 0.29) is 6.61 Å². The molecule has 9 nitrogen and oxygen atoms in total. The van der Waals surface area contributed by atoms with E-state index in [1.54, 1.807) is 55.5 Å². The van der Waals surface area contributed by atoms with Crippen molar-refractivity contribution in [2.75, 3.05) is 11.9 Å². The third-order valence-electron chi connectivity index (χ3n) is 5.40. The van der Waals surface area contributed by atoms with Crippen molar-refractivity contribution < 1.29 is 28.7 Å². The van der Waals surface area contributed by atoms with Crippen molar-refractivity contribution in [2.45, 2.75) is 26.2 Å². The van der Waals surface area contributed by atoms with Gasteiger partial charge in [0.1, 0.15) is 10.8 Å². The summed E-state index contributed by atoms with van der Waals surface area (Å²) in [7, 11) is 0. The van der Waals surface area contributed by atoms with Gasteiger partial charge in [0.2, 0.25) is 0 Å². The third kappa shape index (κ3) is 6.30. The number of hydrogen-bond acceptors (Lipinski definition) is 8. The van der Waals surface area contributed by atoms with Crippen molar-refractivity contribution in [1.82, 2.24) is 5.43 Å². The Morgan fingerprint density at radius 2 is 1.78 bits per heavy atom. The average molecular weight is 584 g/mol. The quantitative estimate of drug-likeness (QED) is 0.139. The second-order valence-electron chi connectivity index (χ2n) is 7.87. The molecule has 2 amide bonds. The summed E-state index contributed by atoms with van der Waals surface area (Å²) < 4.78 is 11.1. The van der Waals surface area contributed by atoms with Gasteiger partial charge < -0.3 is 14.8 Å². The lowest BCUT2D eigenvalue weighted by molar-refractivity contribution is -0.136. The van der Waals surface area contributed by atoms with Crippen molar-refractivity contribution in [3.63, 3.8) is 0 Å². The summed E-state index contributed by atoms with van der Waals surface area (Å²) in [6.45, 7) is 1.92. The van der Waals surface area contributed by atoms with Crippen LogP contribution in [0.2, 0.25) is 0 Å². The third-order valence-corrected chi connectivity index (χ3v) is 7.30. The Morgan fingerprint density at radius 3 is 2.51 bits per heavy atom. The van der Waals surface area contributed by atoms with E-state index in [1.165, 1.54) is 17.6 Å². The average Bonchev–Trinajstić information content (AvgIpc) is 3.46. The number of nitrogens with one attached hydrogen (secondary N) is 2. The van der Waals surface area contributed by atoms with E-state index in [9.17, 15) is 19.2 Å². The minimum atomic E-state index is -0.987. The first kappa shape index (κ1) is 26.2. The molecule has 0 unspecified atom stereocenters. The zero-order valence-electron chi connectivity index (χ0n) is 19.7. The number of thiophene rings is 1. The molecule has 2 N–H and O–H groups in total. The lowest BCUT2D eigenvalue weighted by Gasteiger charge is -2.07. The Kier molecular flexibility index (Phi) is 8.47. The number of ether oxygens (including phenoxy) is 2. The highest BCUT2D eigenvalue weighted by Crippen LogP contribution is 2.39. The van der Waals surface area contributed by atoms with Gasteiger partial charge in [-0.15, -0.1) is 11.3 Å². The largest absolute Gasteiger partial charge is 0.462 e. The zero-order valence-corrected chi connectivity index (χ0v) is 22.1. The van der Waals surface area contributed by atoms with Crippen LogP contribution >= 0.6 is 27.3 Å². The monoisotopic (exact) mass is 583 g/mol. The minimum absolute atomic E-state index is 0.209. The van der Waals surface area contributed by atoms with E-state index < -0.39 is 23.8 Å². The second kappa shape index (κ2) is 11.9. The second-order valence-corrected chi connectivity index (χ2v) is 9.83. The van der Waals surface area contributed by atoms with Crippen LogP contribution in [0.1, 0.15) is 50.1 Å². The maximum absolute atomic E-state index is 12.4. The first-order chi connectivity index (χ1) is 17.9. The molecule has 1 heterocycles. The van der Waals surface area contributed by atoms with Gasteiger partial charge in [-0.2, -0.15) is 5.10 Å². The maximum atomic E-state index is 12.4. The summed E-state index contributed by atoms with van der Waals surface area (Å²) in [5.41, 5.74) is 4.36. The maximum Gasteiger partial charge on any atom is 0.344 e. The Balaban J connectivity index is 1.33. The van der Waals surface area contributed by atoms with Gasteiger partial charge in [0.15, 0.2) is 0 Å². The zero-order chi connectivity index (χ0) is 26.4. The fourth-order valence-corrected chi connectivity index (χ4v) is 5.42. The standard InChI is InChI=1S/C26H22BrN3O6S/c1-2-35-26(34)21-18-7-5-9-20(18)37-24(21)29-22(31)23(32)30-28-14-15-10-12-16(13-11-15)36-25(33)17-6-3-4-8-19(17)27/h3-4,6,8,10-14H,2,5,7,9H2,1H3,(H,29,31)(H,30,32)/b28-14+. The molecule has 1 aromatic heterocycles. The molecule has 0 atom stereocenters. The predicted molar refractivity (Wildman–Crippen MR) is 142 cm³/mol. The number of carbonyl (C=O) groups is 4. The van der Waals surface area contributed by atoms with Gasteiger partial charge in [-0.05, 0) is 89.6 Å².